The summed E-state index contributed by atoms with van der Waals surface area (Å²) in [6.07, 6.45) is 3.23. The minimum Gasteiger partial charge on any atom is -0.293 e. The van der Waals surface area contributed by atoms with Crippen LogP contribution in [-0.4, -0.2) is 26.9 Å². The van der Waals surface area contributed by atoms with E-state index in [0.29, 0.717) is 6.42 Å². The van der Waals surface area contributed by atoms with Gasteiger partial charge in [0.2, 0.25) is 5.91 Å². The summed E-state index contributed by atoms with van der Waals surface area (Å²) in [6, 6.07) is 20.8. The highest BCUT2D eigenvalue weighted by Crippen LogP contribution is 2.28. The van der Waals surface area contributed by atoms with Crippen LogP contribution < -0.4 is 0 Å². The molecule has 0 saturated carbocycles. The molecule has 0 spiro atoms. The minimum absolute atomic E-state index is 0.168. The first kappa shape index (κ1) is 17.2. The van der Waals surface area contributed by atoms with Crippen LogP contribution in [0.15, 0.2) is 60.7 Å². The maximum absolute atomic E-state index is 12.7. The van der Waals surface area contributed by atoms with E-state index in [2.05, 4.69) is 24.3 Å². The lowest BCUT2D eigenvalue weighted by Gasteiger charge is -2.23. The molecule has 24 heavy (non-hydrogen) atoms. The van der Waals surface area contributed by atoms with Crippen LogP contribution in [0.5, 0.6) is 0 Å². The second kappa shape index (κ2) is 8.45. The summed E-state index contributed by atoms with van der Waals surface area (Å²) >= 11 is 7.05. The molecule has 0 radical (unpaired) electrons. The van der Waals surface area contributed by atoms with Crippen molar-refractivity contribution in [2.75, 3.05) is 5.75 Å². The zero-order valence-electron chi connectivity index (χ0n) is 13.6. The number of benzene rings is 2. The maximum atomic E-state index is 12.7. The molecule has 1 aliphatic heterocycles. The highest BCUT2D eigenvalue weighted by molar-refractivity contribution is 8.23. The van der Waals surface area contributed by atoms with Gasteiger partial charge in [0.25, 0.3) is 0 Å². The molecule has 3 rings (SSSR count). The van der Waals surface area contributed by atoms with Crippen LogP contribution in [0.4, 0.5) is 0 Å². The van der Waals surface area contributed by atoms with E-state index < -0.39 is 0 Å². The number of thiocarbonyl (C=S) groups is 1. The van der Waals surface area contributed by atoms with Gasteiger partial charge in [0, 0.05) is 12.2 Å². The smallest absolute Gasteiger partial charge is 0.228 e. The molecule has 4 heteroatoms. The van der Waals surface area contributed by atoms with E-state index in [1.807, 2.05) is 41.3 Å². The Balaban J connectivity index is 1.56. The van der Waals surface area contributed by atoms with E-state index in [1.165, 1.54) is 11.1 Å². The molecule has 1 aliphatic rings. The first-order chi connectivity index (χ1) is 11.7. The SMILES string of the molecule is O=C(CCCc1ccccc1)N1C(=S)SCC1Cc1ccccc1. The Labute approximate surface area is 153 Å². The molecule has 1 atom stereocenters. The first-order valence-corrected chi connectivity index (χ1v) is 9.70. The molecule has 2 aromatic rings. The summed E-state index contributed by atoms with van der Waals surface area (Å²) in [4.78, 5) is 14.5. The van der Waals surface area contributed by atoms with Crippen LogP contribution in [0.3, 0.4) is 0 Å². The predicted molar refractivity (Wildman–Crippen MR) is 105 cm³/mol. The zero-order chi connectivity index (χ0) is 16.8. The molecule has 1 unspecified atom stereocenters. The summed E-state index contributed by atoms with van der Waals surface area (Å²) in [5.74, 6) is 1.07. The lowest BCUT2D eigenvalue weighted by molar-refractivity contribution is -0.128. The third kappa shape index (κ3) is 4.46. The number of rotatable bonds is 6. The topological polar surface area (TPSA) is 20.3 Å². The zero-order valence-corrected chi connectivity index (χ0v) is 15.2. The van der Waals surface area contributed by atoms with Gasteiger partial charge in [-0.1, -0.05) is 84.6 Å². The van der Waals surface area contributed by atoms with Gasteiger partial charge in [0.05, 0.1) is 6.04 Å². The Morgan fingerprint density at radius 1 is 1.04 bits per heavy atom. The third-order valence-electron chi connectivity index (χ3n) is 4.24. The van der Waals surface area contributed by atoms with Gasteiger partial charge in [-0.05, 0) is 30.4 Å². The summed E-state index contributed by atoms with van der Waals surface area (Å²) in [5.41, 5.74) is 2.54. The van der Waals surface area contributed by atoms with Gasteiger partial charge in [0.1, 0.15) is 4.32 Å². The number of nitrogens with zero attached hydrogens (tertiary/aromatic N) is 1. The molecule has 2 nitrogen and oxygen atoms in total. The van der Waals surface area contributed by atoms with Crippen LogP contribution >= 0.6 is 24.0 Å². The summed E-state index contributed by atoms with van der Waals surface area (Å²) in [7, 11) is 0. The molecular weight excluding hydrogens is 334 g/mol. The van der Waals surface area contributed by atoms with E-state index in [0.717, 1.165) is 29.3 Å². The molecule has 0 aliphatic carbocycles. The van der Waals surface area contributed by atoms with Crippen molar-refractivity contribution in [1.82, 2.24) is 4.90 Å². The number of thioether (sulfide) groups is 1. The van der Waals surface area contributed by atoms with Crippen LogP contribution in [0, 0.1) is 0 Å². The summed E-state index contributed by atoms with van der Waals surface area (Å²) in [6.45, 7) is 0. The number of carbonyl (C=O) groups excluding carboxylic acids is 1. The van der Waals surface area contributed by atoms with Gasteiger partial charge in [-0.3, -0.25) is 9.69 Å². The quantitative estimate of drug-likeness (QED) is 0.713. The Hall–Kier alpha value is -1.65. The van der Waals surface area contributed by atoms with E-state index in [9.17, 15) is 4.79 Å². The van der Waals surface area contributed by atoms with Crippen molar-refractivity contribution in [3.05, 3.63) is 71.8 Å². The van der Waals surface area contributed by atoms with E-state index in [-0.39, 0.29) is 11.9 Å². The second-order valence-corrected chi connectivity index (χ2v) is 7.68. The molecule has 1 saturated heterocycles. The molecule has 1 fully saturated rings. The van der Waals surface area contributed by atoms with Gasteiger partial charge in [-0.15, -0.1) is 0 Å². The van der Waals surface area contributed by atoms with E-state index in [1.54, 1.807) is 11.8 Å². The minimum atomic E-state index is 0.168. The molecule has 1 amide bonds. The van der Waals surface area contributed by atoms with Crippen molar-refractivity contribution in [1.29, 1.82) is 0 Å². The molecule has 0 aromatic heterocycles. The van der Waals surface area contributed by atoms with Crippen molar-refractivity contribution in [2.45, 2.75) is 31.7 Å². The monoisotopic (exact) mass is 355 g/mol. The Morgan fingerprint density at radius 2 is 1.67 bits per heavy atom. The third-order valence-corrected chi connectivity index (χ3v) is 5.79. The van der Waals surface area contributed by atoms with Crippen molar-refractivity contribution in [3.63, 3.8) is 0 Å². The Morgan fingerprint density at radius 3 is 2.33 bits per heavy atom. The Bertz CT molecular complexity index is 687. The van der Waals surface area contributed by atoms with E-state index >= 15 is 0 Å². The average Bonchev–Trinajstić information content (AvgIpc) is 2.97. The first-order valence-electron chi connectivity index (χ1n) is 8.30. The molecule has 0 N–H and O–H groups in total. The standard InChI is InChI=1S/C20H21NOS2/c22-19(13-7-12-16-8-3-1-4-9-16)21-18(15-24-20(21)23)14-17-10-5-2-6-11-17/h1-6,8-11,18H,7,12-15H2. The number of hydrogen-bond donors (Lipinski definition) is 0. The van der Waals surface area contributed by atoms with Crippen molar-refractivity contribution < 1.29 is 4.79 Å². The van der Waals surface area contributed by atoms with Crippen LogP contribution in [-0.2, 0) is 17.6 Å². The predicted octanol–water partition coefficient (Wildman–Crippen LogP) is 4.48. The highest BCUT2D eigenvalue weighted by Gasteiger charge is 2.33. The largest absolute Gasteiger partial charge is 0.293 e. The van der Waals surface area contributed by atoms with E-state index in [4.69, 9.17) is 12.2 Å². The molecule has 2 aromatic carbocycles. The van der Waals surface area contributed by atoms with Crippen molar-refractivity contribution in [2.24, 2.45) is 0 Å². The highest BCUT2D eigenvalue weighted by atomic mass is 32.2. The summed E-state index contributed by atoms with van der Waals surface area (Å²) in [5, 5.41) is 0. The summed E-state index contributed by atoms with van der Waals surface area (Å²) < 4.78 is 0.737. The fourth-order valence-electron chi connectivity index (χ4n) is 3.01. The lowest BCUT2D eigenvalue weighted by atomic mass is 10.0. The van der Waals surface area contributed by atoms with Gasteiger partial charge < -0.3 is 0 Å². The second-order valence-electron chi connectivity index (χ2n) is 6.02. The van der Waals surface area contributed by atoms with Gasteiger partial charge in [0.15, 0.2) is 0 Å². The van der Waals surface area contributed by atoms with Crippen LogP contribution in [0.1, 0.15) is 24.0 Å². The molecule has 0 bridgehead atoms. The fraction of sp³-hybridized carbons (Fsp3) is 0.300. The van der Waals surface area contributed by atoms with Gasteiger partial charge in [-0.2, -0.15) is 0 Å². The molecule has 1 heterocycles. The number of hydrogen-bond acceptors (Lipinski definition) is 3. The van der Waals surface area contributed by atoms with Crippen molar-refractivity contribution in [3.8, 4) is 0 Å². The number of carbonyl (C=O) groups is 1. The Kier molecular flexibility index (Phi) is 6.05. The molecule has 124 valence electrons. The lowest BCUT2D eigenvalue weighted by Crippen LogP contribution is -2.39. The molecular formula is C20H21NOS2. The normalized spacial score (nSPS) is 17.2. The average molecular weight is 356 g/mol. The van der Waals surface area contributed by atoms with Crippen LogP contribution in [0.2, 0.25) is 0 Å². The van der Waals surface area contributed by atoms with Crippen molar-refractivity contribution >= 4 is 34.2 Å². The van der Waals surface area contributed by atoms with Gasteiger partial charge >= 0.3 is 0 Å². The maximum Gasteiger partial charge on any atom is 0.228 e. The van der Waals surface area contributed by atoms with Gasteiger partial charge in [-0.25, -0.2) is 0 Å². The van der Waals surface area contributed by atoms with Crippen LogP contribution in [0.25, 0.3) is 0 Å². The number of aryl methyl sites for hydroxylation is 1. The fourth-order valence-corrected chi connectivity index (χ4v) is 4.46. The number of amides is 1.